The van der Waals surface area contributed by atoms with Crippen LogP contribution in [-0.2, 0) is 0 Å². The smallest absolute Gasteiger partial charge is 0.0431 e. The van der Waals surface area contributed by atoms with Gasteiger partial charge in [-0.15, -0.1) is 0 Å². The van der Waals surface area contributed by atoms with Crippen molar-refractivity contribution >= 4 is 0 Å². The van der Waals surface area contributed by atoms with Gasteiger partial charge in [-0.1, -0.05) is 19.8 Å². The van der Waals surface area contributed by atoms with Gasteiger partial charge in [0.25, 0.3) is 0 Å². The zero-order valence-corrected chi connectivity index (χ0v) is 12.2. The summed E-state index contributed by atoms with van der Waals surface area (Å²) in [5.41, 5.74) is 0. The number of hydrogen-bond donors (Lipinski definition) is 2. The molecule has 108 valence electrons. The number of aliphatic hydroxyl groups excluding tert-OH is 1. The molecule has 0 saturated carbocycles. The van der Waals surface area contributed by atoms with Crippen LogP contribution in [0.15, 0.2) is 0 Å². The number of hydrogen-bond acceptors (Lipinski definition) is 3. The maximum Gasteiger partial charge on any atom is 0.0431 e. The number of unbranched alkanes of at least 4 members (excludes halogenated alkanes) is 3. The summed E-state index contributed by atoms with van der Waals surface area (Å²) in [5, 5.41) is 12.3. The predicted octanol–water partition coefficient (Wildman–Crippen LogP) is 2.25. The van der Waals surface area contributed by atoms with Crippen molar-refractivity contribution in [2.45, 2.75) is 51.9 Å². The second-order valence-corrected chi connectivity index (χ2v) is 5.63. The van der Waals surface area contributed by atoms with E-state index in [1.54, 1.807) is 0 Å². The van der Waals surface area contributed by atoms with Gasteiger partial charge >= 0.3 is 0 Å². The Balaban J connectivity index is 1.94. The fourth-order valence-electron chi connectivity index (χ4n) is 2.70. The molecule has 3 heteroatoms. The third-order valence-electron chi connectivity index (χ3n) is 3.95. The van der Waals surface area contributed by atoms with Crippen LogP contribution in [0.3, 0.4) is 0 Å². The molecule has 0 unspecified atom stereocenters. The Hall–Kier alpha value is -0.120. The molecule has 1 rings (SSSR count). The van der Waals surface area contributed by atoms with Crippen LogP contribution in [0.4, 0.5) is 0 Å². The van der Waals surface area contributed by atoms with E-state index in [1.807, 2.05) is 0 Å². The van der Waals surface area contributed by atoms with Crippen LogP contribution in [0.1, 0.15) is 51.9 Å². The molecule has 0 spiro atoms. The molecule has 0 aliphatic carbocycles. The molecule has 1 fully saturated rings. The molecular formula is C15H32N2O. The molecule has 0 bridgehead atoms. The van der Waals surface area contributed by atoms with E-state index in [0.717, 1.165) is 12.3 Å². The van der Waals surface area contributed by atoms with E-state index < -0.39 is 0 Å². The first-order valence-electron chi connectivity index (χ1n) is 7.90. The summed E-state index contributed by atoms with van der Waals surface area (Å²) in [6, 6.07) is 0. The van der Waals surface area contributed by atoms with Gasteiger partial charge in [-0.2, -0.15) is 0 Å². The highest BCUT2D eigenvalue weighted by atomic mass is 16.2. The minimum atomic E-state index is 0.357. The molecule has 2 N–H and O–H groups in total. The van der Waals surface area contributed by atoms with Gasteiger partial charge in [-0.3, -0.25) is 0 Å². The van der Waals surface area contributed by atoms with Crippen LogP contribution in [0.25, 0.3) is 0 Å². The molecule has 0 atom stereocenters. The van der Waals surface area contributed by atoms with Crippen molar-refractivity contribution in [1.29, 1.82) is 0 Å². The SMILES string of the molecule is CCCNCC1CCN(CCCCCCO)CC1. The third-order valence-corrected chi connectivity index (χ3v) is 3.95. The normalized spacial score (nSPS) is 18.3. The minimum absolute atomic E-state index is 0.357. The van der Waals surface area contributed by atoms with Crippen molar-refractivity contribution in [3.8, 4) is 0 Å². The molecular weight excluding hydrogens is 224 g/mol. The van der Waals surface area contributed by atoms with Crippen molar-refractivity contribution in [1.82, 2.24) is 10.2 Å². The molecule has 1 aliphatic rings. The second kappa shape index (κ2) is 10.8. The first-order valence-corrected chi connectivity index (χ1v) is 7.90. The quantitative estimate of drug-likeness (QED) is 0.589. The average molecular weight is 256 g/mol. The van der Waals surface area contributed by atoms with Crippen LogP contribution in [-0.4, -0.2) is 49.3 Å². The molecule has 1 saturated heterocycles. The lowest BCUT2D eigenvalue weighted by molar-refractivity contribution is 0.179. The first kappa shape index (κ1) is 15.9. The van der Waals surface area contributed by atoms with Crippen molar-refractivity contribution in [3.63, 3.8) is 0 Å². The summed E-state index contributed by atoms with van der Waals surface area (Å²) < 4.78 is 0. The van der Waals surface area contributed by atoms with E-state index in [-0.39, 0.29) is 0 Å². The molecule has 0 aromatic heterocycles. The van der Waals surface area contributed by atoms with Gasteiger partial charge in [0.15, 0.2) is 0 Å². The molecule has 0 radical (unpaired) electrons. The van der Waals surface area contributed by atoms with Crippen molar-refractivity contribution in [3.05, 3.63) is 0 Å². The van der Waals surface area contributed by atoms with Gasteiger partial charge in [0, 0.05) is 6.61 Å². The standard InChI is InChI=1S/C15H32N2O/c1-2-9-16-14-15-7-11-17(12-8-15)10-5-3-4-6-13-18/h15-16,18H,2-14H2,1H3. The van der Waals surface area contributed by atoms with Gasteiger partial charge in [0.1, 0.15) is 0 Å². The molecule has 1 heterocycles. The van der Waals surface area contributed by atoms with E-state index >= 15 is 0 Å². The van der Waals surface area contributed by atoms with E-state index in [9.17, 15) is 0 Å². The molecule has 0 aromatic carbocycles. The fraction of sp³-hybridized carbons (Fsp3) is 1.00. The van der Waals surface area contributed by atoms with Gasteiger partial charge in [-0.25, -0.2) is 0 Å². The van der Waals surface area contributed by atoms with Crippen LogP contribution in [0.2, 0.25) is 0 Å². The maximum absolute atomic E-state index is 8.72. The third kappa shape index (κ3) is 7.34. The Morgan fingerprint density at radius 2 is 1.83 bits per heavy atom. The van der Waals surface area contributed by atoms with E-state index in [4.69, 9.17) is 5.11 Å². The average Bonchev–Trinajstić information content (AvgIpc) is 2.40. The highest BCUT2D eigenvalue weighted by molar-refractivity contribution is 4.73. The molecule has 0 amide bonds. The summed E-state index contributed by atoms with van der Waals surface area (Å²) in [5.74, 6) is 0.905. The second-order valence-electron chi connectivity index (χ2n) is 5.63. The summed E-state index contributed by atoms with van der Waals surface area (Å²) in [7, 11) is 0. The molecule has 18 heavy (non-hydrogen) atoms. The van der Waals surface area contributed by atoms with Crippen LogP contribution in [0, 0.1) is 5.92 Å². The van der Waals surface area contributed by atoms with Gasteiger partial charge in [-0.05, 0) is 70.7 Å². The summed E-state index contributed by atoms with van der Waals surface area (Å²) in [6.07, 6.45) is 8.73. The summed E-state index contributed by atoms with van der Waals surface area (Å²) in [6.45, 7) is 8.82. The van der Waals surface area contributed by atoms with E-state index in [1.165, 1.54) is 71.2 Å². The summed E-state index contributed by atoms with van der Waals surface area (Å²) in [4.78, 5) is 2.62. The minimum Gasteiger partial charge on any atom is -0.396 e. The number of nitrogens with one attached hydrogen (secondary N) is 1. The number of likely N-dealkylation sites (tertiary alicyclic amines) is 1. The van der Waals surface area contributed by atoms with Gasteiger partial charge in [0.2, 0.25) is 0 Å². The summed E-state index contributed by atoms with van der Waals surface area (Å²) >= 11 is 0. The number of aliphatic hydroxyl groups is 1. The Bertz CT molecular complexity index is 179. The Kier molecular flexibility index (Phi) is 9.54. The largest absolute Gasteiger partial charge is 0.396 e. The van der Waals surface area contributed by atoms with Crippen molar-refractivity contribution in [2.24, 2.45) is 5.92 Å². The highest BCUT2D eigenvalue weighted by Crippen LogP contribution is 2.17. The Labute approximate surface area is 113 Å². The van der Waals surface area contributed by atoms with E-state index in [0.29, 0.717) is 6.61 Å². The fourth-order valence-corrected chi connectivity index (χ4v) is 2.70. The van der Waals surface area contributed by atoms with E-state index in [2.05, 4.69) is 17.1 Å². The monoisotopic (exact) mass is 256 g/mol. The maximum atomic E-state index is 8.72. The highest BCUT2D eigenvalue weighted by Gasteiger charge is 2.17. The number of rotatable bonds is 10. The van der Waals surface area contributed by atoms with Crippen LogP contribution >= 0.6 is 0 Å². The van der Waals surface area contributed by atoms with Gasteiger partial charge < -0.3 is 15.3 Å². The van der Waals surface area contributed by atoms with Crippen LogP contribution in [0.5, 0.6) is 0 Å². The van der Waals surface area contributed by atoms with Crippen LogP contribution < -0.4 is 5.32 Å². The zero-order chi connectivity index (χ0) is 13.1. The molecule has 3 nitrogen and oxygen atoms in total. The first-order chi connectivity index (χ1) is 8.86. The van der Waals surface area contributed by atoms with Crippen molar-refractivity contribution < 1.29 is 5.11 Å². The molecule has 0 aromatic rings. The molecule has 1 aliphatic heterocycles. The number of piperidine rings is 1. The zero-order valence-electron chi connectivity index (χ0n) is 12.2. The van der Waals surface area contributed by atoms with Gasteiger partial charge in [0.05, 0.1) is 0 Å². The Morgan fingerprint density at radius 3 is 2.50 bits per heavy atom. The number of nitrogens with zero attached hydrogens (tertiary/aromatic N) is 1. The lowest BCUT2D eigenvalue weighted by Gasteiger charge is -2.32. The lowest BCUT2D eigenvalue weighted by Crippen LogP contribution is -2.37. The lowest BCUT2D eigenvalue weighted by atomic mass is 9.96. The van der Waals surface area contributed by atoms with Crippen molar-refractivity contribution in [2.75, 3.05) is 39.3 Å². The predicted molar refractivity (Wildman–Crippen MR) is 77.9 cm³/mol. The topological polar surface area (TPSA) is 35.5 Å². The Morgan fingerprint density at radius 1 is 1.11 bits per heavy atom.